The van der Waals surface area contributed by atoms with Crippen molar-refractivity contribution < 1.29 is 4.79 Å². The van der Waals surface area contributed by atoms with Crippen molar-refractivity contribution in [3.63, 3.8) is 0 Å². The fourth-order valence-electron chi connectivity index (χ4n) is 3.63. The molecule has 3 aliphatic rings. The van der Waals surface area contributed by atoms with Crippen molar-refractivity contribution in [3.8, 4) is 0 Å². The largest absolute Gasteiger partial charge is 0.387 e. The zero-order valence-electron chi connectivity index (χ0n) is 16.5. The number of nitrogens with zero attached hydrogens (tertiary/aromatic N) is 3. The van der Waals surface area contributed by atoms with Crippen molar-refractivity contribution in [1.82, 2.24) is 25.8 Å². The molecule has 158 valence electrons. The molecule has 0 spiro atoms. The first-order valence-corrected chi connectivity index (χ1v) is 10.6. The van der Waals surface area contributed by atoms with Crippen LogP contribution in [0.5, 0.6) is 0 Å². The van der Waals surface area contributed by atoms with Crippen molar-refractivity contribution in [1.29, 1.82) is 0 Å². The molecule has 2 unspecified atom stereocenters. The van der Waals surface area contributed by atoms with Gasteiger partial charge in [-0.05, 0) is 30.7 Å². The normalized spacial score (nSPS) is 23.8. The molecular weight excluding hydrogens is 392 g/mol. The lowest BCUT2D eigenvalue weighted by molar-refractivity contribution is -0.117. The summed E-state index contributed by atoms with van der Waals surface area (Å²) in [6.45, 7) is 5.42. The van der Waals surface area contributed by atoms with Gasteiger partial charge in [0.15, 0.2) is 0 Å². The lowest BCUT2D eigenvalue weighted by atomic mass is 10.2. The summed E-state index contributed by atoms with van der Waals surface area (Å²) in [5.41, 5.74) is 1.61. The highest BCUT2D eigenvalue weighted by Crippen LogP contribution is 2.12. The SMILES string of the molecule is O=NC(CCl)CN1CCCN(C2C=CC=C(C(=O)NCC3=CNCC=C3)N2)CC1. The maximum atomic E-state index is 12.5. The van der Waals surface area contributed by atoms with Crippen LogP contribution in [0.15, 0.2) is 53.0 Å². The molecule has 0 saturated carbocycles. The van der Waals surface area contributed by atoms with Gasteiger partial charge in [-0.3, -0.25) is 14.6 Å². The average molecular weight is 421 g/mol. The number of carbonyl (C=O) groups excluding carboxylic acids is 1. The molecule has 0 aromatic rings. The van der Waals surface area contributed by atoms with E-state index in [1.807, 2.05) is 24.4 Å². The average Bonchev–Trinajstić information content (AvgIpc) is 3.02. The summed E-state index contributed by atoms with van der Waals surface area (Å²) >= 11 is 5.79. The molecule has 3 N–H and O–H groups in total. The van der Waals surface area contributed by atoms with Crippen molar-refractivity contribution in [3.05, 3.63) is 52.8 Å². The zero-order valence-corrected chi connectivity index (χ0v) is 17.3. The zero-order chi connectivity index (χ0) is 20.5. The number of alkyl halides is 1. The molecule has 3 aliphatic heterocycles. The molecule has 0 radical (unpaired) electrons. The molecule has 29 heavy (non-hydrogen) atoms. The quantitative estimate of drug-likeness (QED) is 0.399. The van der Waals surface area contributed by atoms with Crippen LogP contribution in [-0.4, -0.2) is 79.6 Å². The first-order valence-electron chi connectivity index (χ1n) is 10.1. The molecule has 0 aromatic heterocycles. The molecule has 1 saturated heterocycles. The molecular formula is C20H29ClN6O2. The van der Waals surface area contributed by atoms with Crippen molar-refractivity contribution in [2.45, 2.75) is 18.6 Å². The van der Waals surface area contributed by atoms with Gasteiger partial charge < -0.3 is 16.0 Å². The molecule has 3 heterocycles. The highest BCUT2D eigenvalue weighted by Gasteiger charge is 2.25. The first kappa shape index (κ1) is 21.5. The Balaban J connectivity index is 1.48. The molecule has 1 fully saturated rings. The third kappa shape index (κ3) is 6.42. The van der Waals surface area contributed by atoms with Crippen LogP contribution >= 0.6 is 11.6 Å². The van der Waals surface area contributed by atoms with E-state index in [1.165, 1.54) is 0 Å². The van der Waals surface area contributed by atoms with E-state index in [0.717, 1.165) is 44.7 Å². The van der Waals surface area contributed by atoms with E-state index in [1.54, 1.807) is 6.08 Å². The van der Waals surface area contributed by atoms with Crippen molar-refractivity contribution >= 4 is 17.5 Å². The summed E-state index contributed by atoms with van der Waals surface area (Å²) in [4.78, 5) is 27.9. The lowest BCUT2D eigenvalue weighted by Crippen LogP contribution is -2.49. The van der Waals surface area contributed by atoms with Crippen molar-refractivity contribution in [2.24, 2.45) is 5.18 Å². The number of allylic oxidation sites excluding steroid dienone is 2. The van der Waals surface area contributed by atoms with Gasteiger partial charge in [-0.25, -0.2) is 0 Å². The number of nitroso groups, excluding NO2 is 1. The number of amides is 1. The van der Waals surface area contributed by atoms with Gasteiger partial charge >= 0.3 is 0 Å². The van der Waals surface area contributed by atoms with E-state index in [2.05, 4.69) is 37.0 Å². The topological polar surface area (TPSA) is 89.1 Å². The van der Waals surface area contributed by atoms with Gasteiger partial charge in [0, 0.05) is 51.3 Å². The Hall–Kier alpha value is -2.16. The van der Waals surface area contributed by atoms with E-state index < -0.39 is 0 Å². The molecule has 3 rings (SSSR count). The van der Waals surface area contributed by atoms with Gasteiger partial charge in [-0.1, -0.05) is 23.4 Å². The van der Waals surface area contributed by atoms with E-state index >= 15 is 0 Å². The Morgan fingerprint density at radius 2 is 2.24 bits per heavy atom. The van der Waals surface area contributed by atoms with Gasteiger partial charge in [0.25, 0.3) is 5.91 Å². The van der Waals surface area contributed by atoms with Crippen LogP contribution in [-0.2, 0) is 4.79 Å². The van der Waals surface area contributed by atoms with Gasteiger partial charge in [0.1, 0.15) is 11.7 Å². The third-order valence-electron chi connectivity index (χ3n) is 5.23. The number of hydrogen-bond acceptors (Lipinski definition) is 7. The number of hydrogen-bond donors (Lipinski definition) is 3. The van der Waals surface area contributed by atoms with Crippen LogP contribution in [0.3, 0.4) is 0 Å². The molecule has 0 aromatic carbocycles. The van der Waals surface area contributed by atoms with Crippen molar-refractivity contribution in [2.75, 3.05) is 51.7 Å². The Labute approximate surface area is 176 Å². The molecule has 0 bridgehead atoms. The van der Waals surface area contributed by atoms with E-state index in [-0.39, 0.29) is 24.0 Å². The summed E-state index contributed by atoms with van der Waals surface area (Å²) in [6, 6.07) is -0.363. The van der Waals surface area contributed by atoms with Crippen LogP contribution in [0.1, 0.15) is 6.42 Å². The fraction of sp³-hybridized carbons (Fsp3) is 0.550. The maximum absolute atomic E-state index is 12.5. The molecule has 8 nitrogen and oxygen atoms in total. The predicted octanol–water partition coefficient (Wildman–Crippen LogP) is 0.897. The van der Waals surface area contributed by atoms with Crippen LogP contribution in [0.4, 0.5) is 0 Å². The Morgan fingerprint density at radius 3 is 3.00 bits per heavy atom. The summed E-state index contributed by atoms with van der Waals surface area (Å²) in [5, 5.41) is 12.5. The third-order valence-corrected chi connectivity index (χ3v) is 5.58. The molecule has 1 amide bonds. The monoisotopic (exact) mass is 420 g/mol. The summed E-state index contributed by atoms with van der Waals surface area (Å²) in [5.74, 6) is 0.139. The minimum absolute atomic E-state index is 0.0239. The highest BCUT2D eigenvalue weighted by atomic mass is 35.5. The number of rotatable bonds is 8. The van der Waals surface area contributed by atoms with Crippen LogP contribution in [0, 0.1) is 4.91 Å². The highest BCUT2D eigenvalue weighted by molar-refractivity contribution is 6.18. The smallest absolute Gasteiger partial charge is 0.267 e. The van der Waals surface area contributed by atoms with Crippen LogP contribution < -0.4 is 16.0 Å². The predicted molar refractivity (Wildman–Crippen MR) is 115 cm³/mol. The number of carbonyl (C=O) groups is 1. The van der Waals surface area contributed by atoms with E-state index in [4.69, 9.17) is 11.6 Å². The van der Waals surface area contributed by atoms with Crippen LogP contribution in [0.25, 0.3) is 0 Å². The molecule has 0 aliphatic carbocycles. The first-order chi connectivity index (χ1) is 14.2. The summed E-state index contributed by atoms with van der Waals surface area (Å²) in [7, 11) is 0. The second-order valence-corrected chi connectivity index (χ2v) is 7.68. The van der Waals surface area contributed by atoms with Gasteiger partial charge in [0.2, 0.25) is 0 Å². The van der Waals surface area contributed by atoms with Gasteiger partial charge in [-0.2, -0.15) is 4.91 Å². The minimum atomic E-state index is -0.363. The summed E-state index contributed by atoms with van der Waals surface area (Å²) in [6.07, 6.45) is 12.7. The molecule has 2 atom stereocenters. The summed E-state index contributed by atoms with van der Waals surface area (Å²) < 4.78 is 0. The van der Waals surface area contributed by atoms with E-state index in [9.17, 15) is 9.70 Å². The standard InChI is InChI=1S/C20H29ClN6O2/c21-12-17(25-29)15-26-8-3-9-27(11-10-26)19-6-1-5-18(24-19)20(28)23-14-16-4-2-7-22-13-16/h1-2,4-6,13,17,19,22,24H,3,7-12,14-15H2,(H,23,28). The maximum Gasteiger partial charge on any atom is 0.267 e. The Bertz CT molecular complexity index is 705. The second kappa shape index (κ2) is 11.1. The Kier molecular flexibility index (Phi) is 8.27. The number of halogens is 1. The lowest BCUT2D eigenvalue weighted by Gasteiger charge is -2.32. The number of nitrogens with one attached hydrogen (secondary N) is 3. The minimum Gasteiger partial charge on any atom is -0.387 e. The number of dihydropyridines is 2. The van der Waals surface area contributed by atoms with Crippen LogP contribution in [0.2, 0.25) is 0 Å². The molecule has 9 heteroatoms. The fourth-order valence-corrected chi connectivity index (χ4v) is 3.78. The van der Waals surface area contributed by atoms with Gasteiger partial charge in [0.05, 0.1) is 6.17 Å². The van der Waals surface area contributed by atoms with E-state index in [0.29, 0.717) is 18.8 Å². The Morgan fingerprint density at radius 1 is 1.34 bits per heavy atom. The second-order valence-electron chi connectivity index (χ2n) is 7.37. The van der Waals surface area contributed by atoms with Gasteiger partial charge in [-0.15, -0.1) is 11.6 Å².